The lowest BCUT2D eigenvalue weighted by atomic mass is 10.1. The predicted molar refractivity (Wildman–Crippen MR) is 38.6 cm³/mol. The van der Waals surface area contributed by atoms with Crippen molar-refractivity contribution in [1.82, 2.24) is 0 Å². The van der Waals surface area contributed by atoms with Crippen LogP contribution in [0.2, 0.25) is 0 Å². The largest absolute Gasteiger partial charge is 0.381 e. The number of halogens is 1. The first-order valence-electron chi connectivity index (χ1n) is 3.22. The van der Waals surface area contributed by atoms with Gasteiger partial charge in [0.15, 0.2) is 0 Å². The highest BCUT2D eigenvalue weighted by atomic mass is 35.5. The third kappa shape index (κ3) is 1.99. The zero-order valence-corrected chi connectivity index (χ0v) is 6.37. The van der Waals surface area contributed by atoms with E-state index in [0.29, 0.717) is 0 Å². The molecule has 0 aliphatic carbocycles. The van der Waals surface area contributed by atoms with E-state index in [4.69, 9.17) is 16.3 Å². The van der Waals surface area contributed by atoms with Crippen LogP contribution in [0.5, 0.6) is 0 Å². The normalized spacial score (nSPS) is 20.0. The summed E-state index contributed by atoms with van der Waals surface area (Å²) in [6, 6.07) is 0. The third-order valence-electron chi connectivity index (χ3n) is 1.58. The zero-order valence-electron chi connectivity index (χ0n) is 5.61. The van der Waals surface area contributed by atoms with Crippen LogP contribution in [0.3, 0.4) is 0 Å². The molecule has 0 saturated carbocycles. The molecule has 1 aliphatic heterocycles. The molecule has 52 valence electrons. The van der Waals surface area contributed by atoms with E-state index < -0.39 is 0 Å². The van der Waals surface area contributed by atoms with Gasteiger partial charge < -0.3 is 4.74 Å². The summed E-state index contributed by atoms with van der Waals surface area (Å²) in [6.45, 7) is 3.64. The summed E-state index contributed by atoms with van der Waals surface area (Å²) in [5, 5.41) is 0.957. The molecule has 0 unspecified atom stereocenters. The third-order valence-corrected chi connectivity index (χ3v) is 1.85. The standard InChI is InChI=1S/C7H11ClO/c1-6(8)7-2-4-9-5-3-7/h2-5H2,1H3. The minimum absolute atomic E-state index is 0.847. The first kappa shape index (κ1) is 7.10. The summed E-state index contributed by atoms with van der Waals surface area (Å²) in [5.74, 6) is 0. The molecule has 1 nitrogen and oxygen atoms in total. The molecule has 0 spiro atoms. The summed E-state index contributed by atoms with van der Waals surface area (Å²) < 4.78 is 5.16. The quantitative estimate of drug-likeness (QED) is 0.510. The maximum Gasteiger partial charge on any atom is 0.0503 e. The van der Waals surface area contributed by atoms with E-state index in [1.807, 2.05) is 6.92 Å². The Kier molecular flexibility index (Phi) is 2.55. The van der Waals surface area contributed by atoms with Crippen molar-refractivity contribution in [2.75, 3.05) is 13.2 Å². The molecular weight excluding hydrogens is 136 g/mol. The minimum atomic E-state index is 0.847. The fraction of sp³-hybridized carbons (Fsp3) is 0.714. The van der Waals surface area contributed by atoms with Gasteiger partial charge in [-0.1, -0.05) is 17.2 Å². The van der Waals surface area contributed by atoms with E-state index in [9.17, 15) is 0 Å². The minimum Gasteiger partial charge on any atom is -0.381 e. The van der Waals surface area contributed by atoms with Crippen molar-refractivity contribution < 1.29 is 4.74 Å². The SMILES string of the molecule is CC(Cl)=C1CCOCC1. The Morgan fingerprint density at radius 2 is 2.00 bits per heavy atom. The van der Waals surface area contributed by atoms with Crippen LogP contribution in [0.4, 0.5) is 0 Å². The lowest BCUT2D eigenvalue weighted by molar-refractivity contribution is 0.119. The van der Waals surface area contributed by atoms with Crippen molar-refractivity contribution in [1.29, 1.82) is 0 Å². The molecule has 1 fully saturated rings. The van der Waals surface area contributed by atoms with Crippen LogP contribution < -0.4 is 0 Å². The molecule has 0 N–H and O–H groups in total. The number of ether oxygens (including phenoxy) is 1. The molecule has 1 saturated heterocycles. The molecule has 0 radical (unpaired) electrons. The van der Waals surface area contributed by atoms with Gasteiger partial charge in [-0.3, -0.25) is 0 Å². The van der Waals surface area contributed by atoms with E-state index in [0.717, 1.165) is 31.1 Å². The van der Waals surface area contributed by atoms with Gasteiger partial charge in [-0.15, -0.1) is 0 Å². The van der Waals surface area contributed by atoms with Crippen LogP contribution in [0.25, 0.3) is 0 Å². The lowest BCUT2D eigenvalue weighted by Crippen LogP contribution is -2.07. The summed E-state index contributed by atoms with van der Waals surface area (Å²) in [6.07, 6.45) is 2.05. The monoisotopic (exact) mass is 146 g/mol. The topological polar surface area (TPSA) is 9.23 Å². The molecule has 1 rings (SSSR count). The maximum absolute atomic E-state index is 5.78. The van der Waals surface area contributed by atoms with E-state index >= 15 is 0 Å². The molecule has 0 bridgehead atoms. The molecule has 1 heterocycles. The predicted octanol–water partition coefficient (Wildman–Crippen LogP) is 2.31. The second kappa shape index (κ2) is 3.23. The summed E-state index contributed by atoms with van der Waals surface area (Å²) in [4.78, 5) is 0. The van der Waals surface area contributed by atoms with Crippen LogP contribution >= 0.6 is 11.6 Å². The second-order valence-electron chi connectivity index (χ2n) is 2.25. The van der Waals surface area contributed by atoms with Gasteiger partial charge in [-0.2, -0.15) is 0 Å². The maximum atomic E-state index is 5.78. The Morgan fingerprint density at radius 1 is 1.44 bits per heavy atom. The Hall–Kier alpha value is -0.0100. The molecule has 0 aromatic carbocycles. The molecule has 9 heavy (non-hydrogen) atoms. The number of hydrogen-bond acceptors (Lipinski definition) is 1. The van der Waals surface area contributed by atoms with E-state index in [-0.39, 0.29) is 0 Å². The molecule has 0 atom stereocenters. The van der Waals surface area contributed by atoms with Crippen LogP contribution in [0.15, 0.2) is 10.6 Å². The van der Waals surface area contributed by atoms with Crippen molar-refractivity contribution >= 4 is 11.6 Å². The molecule has 0 aromatic heterocycles. The molecule has 0 amide bonds. The highest BCUT2D eigenvalue weighted by Crippen LogP contribution is 2.19. The van der Waals surface area contributed by atoms with E-state index in [2.05, 4.69) is 0 Å². The number of allylic oxidation sites excluding steroid dienone is 1. The first-order chi connectivity index (χ1) is 4.30. The lowest BCUT2D eigenvalue weighted by Gasteiger charge is -2.14. The van der Waals surface area contributed by atoms with Gasteiger partial charge in [-0.05, 0) is 19.8 Å². The van der Waals surface area contributed by atoms with Crippen LogP contribution in [0.1, 0.15) is 19.8 Å². The summed E-state index contributed by atoms with van der Waals surface area (Å²) in [5.41, 5.74) is 1.36. The van der Waals surface area contributed by atoms with Crippen molar-refractivity contribution in [3.05, 3.63) is 10.6 Å². The van der Waals surface area contributed by atoms with Crippen LogP contribution in [-0.4, -0.2) is 13.2 Å². The first-order valence-corrected chi connectivity index (χ1v) is 3.60. The van der Waals surface area contributed by atoms with Crippen molar-refractivity contribution in [2.45, 2.75) is 19.8 Å². The smallest absolute Gasteiger partial charge is 0.0503 e. The molecule has 0 aromatic rings. The number of rotatable bonds is 0. The van der Waals surface area contributed by atoms with Gasteiger partial charge in [0.05, 0.1) is 13.2 Å². The van der Waals surface area contributed by atoms with Gasteiger partial charge in [0.2, 0.25) is 0 Å². The second-order valence-corrected chi connectivity index (χ2v) is 2.82. The highest BCUT2D eigenvalue weighted by molar-refractivity contribution is 6.29. The summed E-state index contributed by atoms with van der Waals surface area (Å²) >= 11 is 5.78. The van der Waals surface area contributed by atoms with Crippen LogP contribution in [-0.2, 0) is 4.74 Å². The molecular formula is C7H11ClO. The summed E-state index contributed by atoms with van der Waals surface area (Å²) in [7, 11) is 0. The fourth-order valence-corrected chi connectivity index (χ4v) is 1.15. The Morgan fingerprint density at radius 3 is 2.33 bits per heavy atom. The van der Waals surface area contributed by atoms with Crippen LogP contribution in [0, 0.1) is 0 Å². The Bertz CT molecular complexity index is 117. The van der Waals surface area contributed by atoms with E-state index in [1.54, 1.807) is 0 Å². The van der Waals surface area contributed by atoms with Crippen molar-refractivity contribution in [2.24, 2.45) is 0 Å². The van der Waals surface area contributed by atoms with Crippen molar-refractivity contribution in [3.8, 4) is 0 Å². The Labute approximate surface area is 60.7 Å². The van der Waals surface area contributed by atoms with Gasteiger partial charge >= 0.3 is 0 Å². The average Bonchev–Trinajstić information content (AvgIpc) is 1.90. The average molecular weight is 147 g/mol. The molecule has 1 aliphatic rings. The van der Waals surface area contributed by atoms with Gasteiger partial charge in [0.1, 0.15) is 0 Å². The fourth-order valence-electron chi connectivity index (χ4n) is 0.962. The molecule has 2 heteroatoms. The Balaban J connectivity index is 2.49. The number of hydrogen-bond donors (Lipinski definition) is 0. The highest BCUT2D eigenvalue weighted by Gasteiger charge is 2.06. The van der Waals surface area contributed by atoms with Gasteiger partial charge in [0.25, 0.3) is 0 Å². The van der Waals surface area contributed by atoms with E-state index in [1.165, 1.54) is 5.57 Å². The van der Waals surface area contributed by atoms with Crippen molar-refractivity contribution in [3.63, 3.8) is 0 Å². The zero-order chi connectivity index (χ0) is 6.69. The van der Waals surface area contributed by atoms with Gasteiger partial charge in [-0.25, -0.2) is 0 Å². The van der Waals surface area contributed by atoms with Gasteiger partial charge in [0, 0.05) is 5.03 Å².